The lowest BCUT2D eigenvalue weighted by Crippen LogP contribution is -2.11. The second-order valence-electron chi connectivity index (χ2n) is 7.62. The molecule has 0 N–H and O–H groups in total. The molecule has 0 heterocycles. The van der Waals surface area contributed by atoms with Gasteiger partial charge in [0, 0.05) is 3.57 Å². The molecule has 0 spiro atoms. The van der Waals surface area contributed by atoms with Gasteiger partial charge < -0.3 is 0 Å². The molecule has 2 aliphatic rings. The van der Waals surface area contributed by atoms with Crippen LogP contribution in [0, 0.1) is 16.4 Å². The zero-order valence-corrected chi connectivity index (χ0v) is 17.3. The highest BCUT2D eigenvalue weighted by molar-refractivity contribution is 14.1. The summed E-state index contributed by atoms with van der Waals surface area (Å²) in [6.07, 6.45) is 11.3. The Kier molecular flexibility index (Phi) is 3.82. The first-order chi connectivity index (χ1) is 12.6. The van der Waals surface area contributed by atoms with E-state index in [1.807, 2.05) is 0 Å². The van der Waals surface area contributed by atoms with Gasteiger partial charge >= 0.3 is 0 Å². The summed E-state index contributed by atoms with van der Waals surface area (Å²) in [5, 5.41) is 2.83. The van der Waals surface area contributed by atoms with Gasteiger partial charge in [0.05, 0.1) is 0 Å². The molecule has 0 aromatic heterocycles. The molecule has 0 saturated carbocycles. The molecule has 1 atom stereocenters. The topological polar surface area (TPSA) is 0 Å². The maximum absolute atomic E-state index is 2.58. The van der Waals surface area contributed by atoms with E-state index in [0.29, 0.717) is 5.92 Å². The number of halogens is 1. The third-order valence-electron chi connectivity index (χ3n) is 5.96. The summed E-state index contributed by atoms with van der Waals surface area (Å²) < 4.78 is 1.44. The van der Waals surface area contributed by atoms with E-state index in [4.69, 9.17) is 0 Å². The van der Waals surface area contributed by atoms with Gasteiger partial charge in [0.2, 0.25) is 0 Å². The summed E-state index contributed by atoms with van der Waals surface area (Å²) in [6.45, 7) is 4.56. The molecule has 1 heteroatoms. The molecule has 0 bridgehead atoms. The second-order valence-corrected chi connectivity index (χ2v) is 8.70. The molecule has 3 aromatic rings. The van der Waals surface area contributed by atoms with E-state index in [2.05, 4.69) is 97.1 Å². The summed E-state index contributed by atoms with van der Waals surface area (Å²) >= 11 is 2.58. The maximum atomic E-state index is 2.58. The molecule has 128 valence electrons. The van der Waals surface area contributed by atoms with Crippen LogP contribution in [0.15, 0.2) is 48.6 Å². The fraction of sp³-hybridized carbons (Fsp3) is 0.200. The average Bonchev–Trinajstić information content (AvgIpc) is 2.85. The zero-order chi connectivity index (χ0) is 17.8. The third-order valence-corrected chi connectivity index (χ3v) is 7.19. The van der Waals surface area contributed by atoms with Crippen molar-refractivity contribution in [3.63, 3.8) is 0 Å². The smallest absolute Gasteiger partial charge is 0.0247 e. The van der Waals surface area contributed by atoms with Crippen molar-refractivity contribution in [3.8, 4) is 0 Å². The van der Waals surface area contributed by atoms with Crippen molar-refractivity contribution in [1.29, 1.82) is 0 Å². The van der Waals surface area contributed by atoms with Crippen LogP contribution in [0.4, 0.5) is 0 Å². The van der Waals surface area contributed by atoms with Crippen molar-refractivity contribution in [2.75, 3.05) is 0 Å². The normalized spacial score (nSPS) is 17.6. The molecule has 0 unspecified atom stereocenters. The Bertz CT molecular complexity index is 1030. The van der Waals surface area contributed by atoms with Gasteiger partial charge in [-0.15, -0.1) is 0 Å². The number of benzene rings is 3. The molecule has 0 nitrogen and oxygen atoms in total. The summed E-state index contributed by atoms with van der Waals surface area (Å²) in [7, 11) is 0. The van der Waals surface area contributed by atoms with Gasteiger partial charge in [-0.2, -0.15) is 0 Å². The van der Waals surface area contributed by atoms with Gasteiger partial charge in [0.25, 0.3) is 0 Å². The van der Waals surface area contributed by atoms with Crippen molar-refractivity contribution in [2.45, 2.75) is 26.7 Å². The van der Waals surface area contributed by atoms with Crippen LogP contribution in [0.2, 0.25) is 0 Å². The first-order valence-corrected chi connectivity index (χ1v) is 10.4. The summed E-state index contributed by atoms with van der Waals surface area (Å²) in [5.74, 6) is 0.494. The summed E-state index contributed by atoms with van der Waals surface area (Å²) in [4.78, 5) is 0. The molecule has 2 aliphatic carbocycles. The largest absolute Gasteiger partial charge is 0.0773 e. The van der Waals surface area contributed by atoms with Crippen molar-refractivity contribution in [1.82, 2.24) is 0 Å². The SMILES string of the molecule is Cc1c2c(c(I)c3cc4c(cc13)C=C[C@@H](C)C=C4)Cc1ccccc1C2. The van der Waals surface area contributed by atoms with Gasteiger partial charge in [-0.3, -0.25) is 0 Å². The molecule has 0 saturated heterocycles. The third kappa shape index (κ3) is 2.48. The highest BCUT2D eigenvalue weighted by Gasteiger charge is 2.22. The Morgan fingerprint density at radius 1 is 0.846 bits per heavy atom. The lowest BCUT2D eigenvalue weighted by atomic mass is 9.81. The molecule has 0 fully saturated rings. The zero-order valence-electron chi connectivity index (χ0n) is 15.1. The Labute approximate surface area is 168 Å². The van der Waals surface area contributed by atoms with Crippen LogP contribution in [-0.2, 0) is 12.8 Å². The molecule has 5 rings (SSSR count). The molecule has 0 aliphatic heterocycles. The molecular formula is C25H21I. The quantitative estimate of drug-likeness (QED) is 0.256. The number of allylic oxidation sites excluding steroid dienone is 2. The number of fused-ring (bicyclic) bond motifs is 4. The Balaban J connectivity index is 1.79. The van der Waals surface area contributed by atoms with Gasteiger partial charge in [-0.05, 0) is 110 Å². The fourth-order valence-corrected chi connectivity index (χ4v) is 5.34. The predicted molar refractivity (Wildman–Crippen MR) is 121 cm³/mol. The fourth-order valence-electron chi connectivity index (χ4n) is 4.38. The van der Waals surface area contributed by atoms with Crippen LogP contribution in [0.5, 0.6) is 0 Å². The standard InChI is InChI=1S/C25H21I/c1-15-7-9-19-12-22-16(2)21-11-17-5-3-4-6-18(17)13-23(21)25(26)24(22)14-20(19)10-8-15/h3-10,12,14-15H,11,13H2,1-2H3/t15-/m1/s1. The van der Waals surface area contributed by atoms with E-state index in [1.165, 1.54) is 47.7 Å². The Morgan fingerprint density at radius 3 is 2.08 bits per heavy atom. The van der Waals surface area contributed by atoms with Crippen LogP contribution in [0.3, 0.4) is 0 Å². The van der Waals surface area contributed by atoms with E-state index in [1.54, 1.807) is 5.56 Å². The van der Waals surface area contributed by atoms with E-state index >= 15 is 0 Å². The van der Waals surface area contributed by atoms with Crippen molar-refractivity contribution in [2.24, 2.45) is 5.92 Å². The van der Waals surface area contributed by atoms with Gasteiger partial charge in [-0.25, -0.2) is 0 Å². The van der Waals surface area contributed by atoms with Crippen molar-refractivity contribution in [3.05, 3.63) is 91.1 Å². The predicted octanol–water partition coefficient (Wildman–Crippen LogP) is 6.92. The van der Waals surface area contributed by atoms with E-state index in [9.17, 15) is 0 Å². The van der Waals surface area contributed by atoms with Crippen molar-refractivity contribution >= 4 is 45.5 Å². The highest BCUT2D eigenvalue weighted by atomic mass is 127. The lowest BCUT2D eigenvalue weighted by Gasteiger charge is -2.25. The molecular weight excluding hydrogens is 427 g/mol. The number of aryl methyl sites for hydroxylation is 1. The van der Waals surface area contributed by atoms with Crippen LogP contribution in [0.1, 0.15) is 45.9 Å². The van der Waals surface area contributed by atoms with Crippen LogP contribution in [-0.4, -0.2) is 0 Å². The van der Waals surface area contributed by atoms with E-state index in [-0.39, 0.29) is 0 Å². The van der Waals surface area contributed by atoms with Gasteiger partial charge in [0.1, 0.15) is 0 Å². The summed E-state index contributed by atoms with van der Waals surface area (Å²) in [6, 6.07) is 13.7. The first kappa shape index (κ1) is 16.3. The lowest BCUT2D eigenvalue weighted by molar-refractivity contribution is 0.954. The minimum absolute atomic E-state index is 0.494. The Morgan fingerprint density at radius 2 is 1.42 bits per heavy atom. The van der Waals surface area contributed by atoms with E-state index < -0.39 is 0 Å². The highest BCUT2D eigenvalue weighted by Crippen LogP contribution is 2.39. The monoisotopic (exact) mass is 448 g/mol. The average molecular weight is 448 g/mol. The minimum Gasteiger partial charge on any atom is -0.0773 e. The van der Waals surface area contributed by atoms with Gasteiger partial charge in [0.15, 0.2) is 0 Å². The van der Waals surface area contributed by atoms with Gasteiger partial charge in [-0.1, -0.05) is 55.5 Å². The molecule has 3 aromatic carbocycles. The first-order valence-electron chi connectivity index (χ1n) is 9.32. The maximum Gasteiger partial charge on any atom is 0.0247 e. The number of hydrogen-bond donors (Lipinski definition) is 0. The second kappa shape index (κ2) is 6.09. The van der Waals surface area contributed by atoms with E-state index in [0.717, 1.165) is 12.8 Å². The van der Waals surface area contributed by atoms with Crippen molar-refractivity contribution < 1.29 is 0 Å². The number of hydrogen-bond acceptors (Lipinski definition) is 0. The minimum atomic E-state index is 0.494. The number of rotatable bonds is 0. The van der Waals surface area contributed by atoms with Crippen LogP contribution in [0.25, 0.3) is 22.9 Å². The van der Waals surface area contributed by atoms with Crippen LogP contribution >= 0.6 is 22.6 Å². The Hall–Kier alpha value is -1.87. The van der Waals surface area contributed by atoms with Crippen LogP contribution < -0.4 is 0 Å². The summed E-state index contributed by atoms with van der Waals surface area (Å²) in [5.41, 5.74) is 10.2. The molecule has 0 amide bonds. The molecule has 26 heavy (non-hydrogen) atoms. The molecule has 0 radical (unpaired) electrons.